The Morgan fingerprint density at radius 1 is 1.12 bits per heavy atom. The van der Waals surface area contributed by atoms with Gasteiger partial charge in [0.05, 0.1) is 29.9 Å². The molecule has 0 bridgehead atoms. The van der Waals surface area contributed by atoms with E-state index in [0.29, 0.717) is 31.9 Å². The molecule has 0 radical (unpaired) electrons. The highest BCUT2D eigenvalue weighted by atomic mass is 19.1. The zero-order chi connectivity index (χ0) is 29.2. The number of carbonyl (C=O) groups excluding carboxylic acids is 2. The van der Waals surface area contributed by atoms with Gasteiger partial charge in [-0.25, -0.2) is 13.8 Å². The first-order valence-corrected chi connectivity index (χ1v) is 13.1. The average molecular weight is 553 g/mol. The topological polar surface area (TPSA) is 85.8 Å². The Kier molecular flexibility index (Phi) is 8.23. The molecular formula is C30H34F2N4O4. The van der Waals surface area contributed by atoms with Crippen LogP contribution in [0.25, 0.3) is 0 Å². The van der Waals surface area contributed by atoms with Gasteiger partial charge in [-0.2, -0.15) is 0 Å². The Bertz CT molecular complexity index is 1380. The monoisotopic (exact) mass is 552 g/mol. The fourth-order valence-electron chi connectivity index (χ4n) is 5.48. The summed E-state index contributed by atoms with van der Waals surface area (Å²) in [5.74, 6) is -0.747. The number of rotatable bonds is 6. The largest absolute Gasteiger partial charge is 0.498 e. The molecule has 1 saturated heterocycles. The maximum absolute atomic E-state index is 15.2. The molecule has 0 saturated carbocycles. The highest BCUT2D eigenvalue weighted by molar-refractivity contribution is 6.05. The number of hydrogen-bond donors (Lipinski definition) is 0. The second kappa shape index (κ2) is 11.3. The highest BCUT2D eigenvalue weighted by Crippen LogP contribution is 2.32. The molecule has 2 aromatic carbocycles. The molecule has 40 heavy (non-hydrogen) atoms. The van der Waals surface area contributed by atoms with E-state index in [4.69, 9.17) is 4.74 Å². The van der Waals surface area contributed by atoms with E-state index in [-0.39, 0.29) is 33.5 Å². The quantitative estimate of drug-likeness (QED) is 0.416. The van der Waals surface area contributed by atoms with Gasteiger partial charge in [0.25, 0.3) is 12.0 Å². The van der Waals surface area contributed by atoms with Crippen LogP contribution in [0.4, 0.5) is 19.3 Å². The number of hydrogen-bond acceptors (Lipinski definition) is 6. The molecule has 8 nitrogen and oxygen atoms in total. The third-order valence-corrected chi connectivity index (χ3v) is 7.67. The molecular weight excluding hydrogens is 518 g/mol. The molecule has 0 N–H and O–H groups in total. The van der Waals surface area contributed by atoms with Crippen molar-refractivity contribution in [3.63, 3.8) is 0 Å². The van der Waals surface area contributed by atoms with Crippen LogP contribution in [0.2, 0.25) is 0 Å². The van der Waals surface area contributed by atoms with Crippen molar-refractivity contribution in [2.45, 2.75) is 45.8 Å². The molecule has 1 aliphatic heterocycles. The molecule has 2 atom stereocenters. The second-order valence-electron chi connectivity index (χ2n) is 11.2. The van der Waals surface area contributed by atoms with Crippen LogP contribution in [0.1, 0.15) is 43.6 Å². The fourth-order valence-corrected chi connectivity index (χ4v) is 5.48. The van der Waals surface area contributed by atoms with Gasteiger partial charge < -0.3 is 19.5 Å². The number of carboxylic acid groups (broad SMARTS) is 1. The van der Waals surface area contributed by atoms with E-state index >= 15 is 4.39 Å². The maximum atomic E-state index is 15.2. The standard InChI is InChI=1S/C30H34F2N4O4/c1-20-18-35(14-15-36(20,29(38)39)30(2,3)4)19-21-6-12-26(25(32)16-21)34(5)28(37)22-7-13-27(33-17-22)40-24-10-8-23(31)9-11-24/h6-13,16-17,20H,14-15,18-19H2,1-5H3/t20-,36?/m0/s1. The van der Waals surface area contributed by atoms with Gasteiger partial charge in [0.1, 0.15) is 23.4 Å². The van der Waals surface area contributed by atoms with E-state index in [1.807, 2.05) is 27.7 Å². The minimum atomic E-state index is -1.08. The van der Waals surface area contributed by atoms with Gasteiger partial charge in [-0.05, 0) is 75.7 Å². The minimum absolute atomic E-state index is 0.118. The lowest BCUT2D eigenvalue weighted by Gasteiger charge is -2.55. The van der Waals surface area contributed by atoms with E-state index in [9.17, 15) is 19.1 Å². The van der Waals surface area contributed by atoms with Crippen molar-refractivity contribution in [1.82, 2.24) is 9.88 Å². The lowest BCUT2D eigenvalue weighted by Crippen LogP contribution is -2.76. The van der Waals surface area contributed by atoms with Crippen LogP contribution in [0.15, 0.2) is 60.8 Å². The van der Waals surface area contributed by atoms with Gasteiger partial charge >= 0.3 is 0 Å². The average Bonchev–Trinajstić information content (AvgIpc) is 2.89. The molecule has 1 aromatic heterocycles. The summed E-state index contributed by atoms with van der Waals surface area (Å²) in [4.78, 5) is 32.6. The smallest absolute Gasteiger partial charge is 0.259 e. The fraction of sp³-hybridized carbons (Fsp3) is 0.367. The Hall–Kier alpha value is -3.89. The molecule has 2 heterocycles. The van der Waals surface area contributed by atoms with Crippen LogP contribution in [-0.2, 0) is 6.54 Å². The first kappa shape index (κ1) is 29.1. The summed E-state index contributed by atoms with van der Waals surface area (Å²) in [6.45, 7) is 9.55. The number of aromatic nitrogens is 1. The molecule has 0 spiro atoms. The predicted octanol–water partition coefficient (Wildman–Crippen LogP) is 4.59. The molecule has 212 valence electrons. The molecule has 0 aliphatic carbocycles. The summed E-state index contributed by atoms with van der Waals surface area (Å²) in [6, 6.07) is 13.0. The number of halogens is 2. The zero-order valence-electron chi connectivity index (χ0n) is 23.4. The summed E-state index contributed by atoms with van der Waals surface area (Å²) in [7, 11) is 1.49. The Labute approximate surface area is 233 Å². The van der Waals surface area contributed by atoms with Crippen molar-refractivity contribution in [2.75, 3.05) is 31.6 Å². The number of nitrogens with zero attached hydrogens (tertiary/aromatic N) is 4. The lowest BCUT2D eigenvalue weighted by atomic mass is 9.95. The summed E-state index contributed by atoms with van der Waals surface area (Å²) in [5, 5.41) is 12.1. The van der Waals surface area contributed by atoms with Crippen molar-refractivity contribution in [3.05, 3.63) is 83.6 Å². The number of benzene rings is 2. The van der Waals surface area contributed by atoms with E-state index in [1.54, 1.807) is 12.1 Å². The summed E-state index contributed by atoms with van der Waals surface area (Å²) >= 11 is 0. The SMILES string of the molecule is C[C@H]1CN(Cc2ccc(N(C)C(=O)c3ccc(Oc4ccc(F)cc4)nc3)c(F)c2)CC[N+]1(C(=O)[O-])C(C)(C)C. The molecule has 2 amide bonds. The Morgan fingerprint density at radius 3 is 2.38 bits per heavy atom. The predicted molar refractivity (Wildman–Crippen MR) is 145 cm³/mol. The Balaban J connectivity index is 1.40. The van der Waals surface area contributed by atoms with Crippen molar-refractivity contribution < 1.29 is 32.7 Å². The van der Waals surface area contributed by atoms with Crippen LogP contribution in [-0.4, -0.2) is 64.6 Å². The lowest BCUT2D eigenvalue weighted by molar-refractivity contribution is -0.943. The van der Waals surface area contributed by atoms with Crippen molar-refractivity contribution in [1.29, 1.82) is 0 Å². The first-order chi connectivity index (χ1) is 18.8. The van der Waals surface area contributed by atoms with E-state index < -0.39 is 23.4 Å². The second-order valence-corrected chi connectivity index (χ2v) is 11.2. The molecule has 1 unspecified atom stereocenters. The molecule has 3 aromatic rings. The number of anilines is 1. The third-order valence-electron chi connectivity index (χ3n) is 7.67. The number of quaternary nitrogens is 1. The van der Waals surface area contributed by atoms with Crippen LogP contribution in [0.3, 0.4) is 0 Å². The summed E-state index contributed by atoms with van der Waals surface area (Å²) in [5.41, 5.74) is 0.573. The first-order valence-electron chi connectivity index (χ1n) is 13.1. The van der Waals surface area contributed by atoms with Crippen molar-refractivity contribution in [2.24, 2.45) is 0 Å². The summed E-state index contributed by atoms with van der Waals surface area (Å²) < 4.78 is 33.7. The summed E-state index contributed by atoms with van der Waals surface area (Å²) in [6.07, 6.45) is 0.262. The van der Waals surface area contributed by atoms with E-state index in [0.717, 1.165) is 5.56 Å². The van der Waals surface area contributed by atoms with Gasteiger partial charge in [0, 0.05) is 32.4 Å². The van der Waals surface area contributed by atoms with Gasteiger partial charge in [-0.3, -0.25) is 14.2 Å². The third kappa shape index (κ3) is 5.83. The van der Waals surface area contributed by atoms with Gasteiger partial charge in [0.15, 0.2) is 0 Å². The van der Waals surface area contributed by atoms with Crippen LogP contribution < -0.4 is 14.7 Å². The van der Waals surface area contributed by atoms with Gasteiger partial charge in [-0.15, -0.1) is 0 Å². The van der Waals surface area contributed by atoms with Gasteiger partial charge in [-0.1, -0.05) is 6.07 Å². The number of ether oxygens (including phenoxy) is 1. The van der Waals surface area contributed by atoms with Crippen LogP contribution in [0, 0.1) is 11.6 Å². The zero-order valence-corrected chi connectivity index (χ0v) is 23.4. The minimum Gasteiger partial charge on any atom is -0.498 e. The van der Waals surface area contributed by atoms with E-state index in [1.165, 1.54) is 60.6 Å². The maximum Gasteiger partial charge on any atom is 0.259 e. The normalized spacial score (nSPS) is 19.7. The number of amides is 2. The molecule has 4 rings (SSSR count). The van der Waals surface area contributed by atoms with Crippen LogP contribution >= 0.6 is 0 Å². The van der Waals surface area contributed by atoms with Crippen molar-refractivity contribution >= 4 is 17.7 Å². The highest BCUT2D eigenvalue weighted by Gasteiger charge is 2.49. The van der Waals surface area contributed by atoms with Crippen LogP contribution in [0.5, 0.6) is 11.6 Å². The number of carbonyl (C=O) groups is 2. The van der Waals surface area contributed by atoms with Crippen molar-refractivity contribution in [3.8, 4) is 11.6 Å². The number of pyridine rings is 1. The number of piperazine rings is 1. The van der Waals surface area contributed by atoms with E-state index in [2.05, 4.69) is 9.88 Å². The molecule has 10 heteroatoms. The Morgan fingerprint density at radius 2 is 1.82 bits per heavy atom. The van der Waals surface area contributed by atoms with Gasteiger partial charge in [0.2, 0.25) is 5.88 Å². The molecule has 1 fully saturated rings. The molecule has 1 aliphatic rings.